The van der Waals surface area contributed by atoms with E-state index < -0.39 is 56.4 Å². The van der Waals surface area contributed by atoms with Gasteiger partial charge in [-0.25, -0.2) is 22.2 Å². The van der Waals surface area contributed by atoms with Gasteiger partial charge in [-0.15, -0.1) is 5.10 Å². The number of hydrogen-bond donors (Lipinski definition) is 2. The number of aromatic nitrogens is 4. The van der Waals surface area contributed by atoms with Crippen LogP contribution < -0.4 is 9.32 Å². The summed E-state index contributed by atoms with van der Waals surface area (Å²) >= 11 is 0. The first-order valence-corrected chi connectivity index (χ1v) is 11.9. The molecule has 6 rings (SSSR count). The zero-order valence-corrected chi connectivity index (χ0v) is 18.7. The SMILES string of the molecule is NS(=O)(=O)Oc1ccc(C23CC(C(F)(F)C(O)(Cn4cnnn4)c4ccc(F)cc4F)(C2)C3)cc1. The number of hydrogen-bond acceptors (Lipinski definition) is 7. The van der Waals surface area contributed by atoms with Crippen LogP contribution >= 0.6 is 0 Å². The van der Waals surface area contributed by atoms with Gasteiger partial charge < -0.3 is 9.29 Å². The molecule has 3 fully saturated rings. The molecular weight excluding hydrogens is 494 g/mol. The van der Waals surface area contributed by atoms with Gasteiger partial charge in [-0.05, 0) is 64.9 Å². The van der Waals surface area contributed by atoms with Crippen molar-refractivity contribution in [3.05, 3.63) is 71.6 Å². The Labute approximate surface area is 196 Å². The Hall–Kier alpha value is -3.10. The van der Waals surface area contributed by atoms with E-state index in [2.05, 4.69) is 19.7 Å². The number of tetrazole rings is 1. The third-order valence-corrected chi connectivity index (χ3v) is 7.48. The molecule has 1 atom stereocenters. The summed E-state index contributed by atoms with van der Waals surface area (Å²) in [5.74, 6) is -6.15. The van der Waals surface area contributed by atoms with E-state index in [9.17, 15) is 22.3 Å². The predicted octanol–water partition coefficient (Wildman–Crippen LogP) is 2.18. The lowest BCUT2D eigenvalue weighted by Crippen LogP contribution is -2.76. The van der Waals surface area contributed by atoms with E-state index in [4.69, 9.17) is 5.14 Å². The third kappa shape index (κ3) is 3.58. The van der Waals surface area contributed by atoms with Crippen LogP contribution in [0.15, 0.2) is 48.8 Å². The maximum Gasteiger partial charge on any atom is 0.380 e. The summed E-state index contributed by atoms with van der Waals surface area (Å²) in [5.41, 5.74) is -5.40. The molecule has 3 aliphatic rings. The van der Waals surface area contributed by atoms with Crippen molar-refractivity contribution in [1.82, 2.24) is 20.2 Å². The molecule has 186 valence electrons. The molecule has 14 heteroatoms. The highest BCUT2D eigenvalue weighted by Crippen LogP contribution is 2.80. The van der Waals surface area contributed by atoms with Gasteiger partial charge in [0.25, 0.3) is 5.92 Å². The zero-order valence-electron chi connectivity index (χ0n) is 17.9. The van der Waals surface area contributed by atoms with Crippen molar-refractivity contribution in [1.29, 1.82) is 0 Å². The van der Waals surface area contributed by atoms with Crippen LogP contribution in [0.4, 0.5) is 17.6 Å². The van der Waals surface area contributed by atoms with Crippen molar-refractivity contribution in [2.24, 2.45) is 10.6 Å². The van der Waals surface area contributed by atoms with Crippen molar-refractivity contribution in [2.75, 3.05) is 0 Å². The molecule has 3 aromatic rings. The standard InChI is InChI=1S/C21H19F4N5O4S/c22-14-3-6-16(17(23)7-14)20(31,11-30-12-27-28-29-30)21(24,25)19-8-18(9-19,10-19)13-1-4-15(5-2-13)34-35(26,32)33/h1-7,12,31H,8-11H2,(H2,26,32,33). The highest BCUT2D eigenvalue weighted by atomic mass is 32.2. The summed E-state index contributed by atoms with van der Waals surface area (Å²) in [7, 11) is -4.20. The second-order valence-electron chi connectivity index (χ2n) is 9.26. The average molecular weight is 513 g/mol. The minimum absolute atomic E-state index is 0.0108. The normalized spacial score (nSPS) is 25.3. The van der Waals surface area contributed by atoms with E-state index in [1.165, 1.54) is 12.1 Å². The van der Waals surface area contributed by atoms with Gasteiger partial charge in [0, 0.05) is 17.0 Å². The Bertz CT molecular complexity index is 1370. The number of halogens is 4. The lowest BCUT2D eigenvalue weighted by Gasteiger charge is -2.74. The second kappa shape index (κ2) is 7.45. The molecule has 2 bridgehead atoms. The largest absolute Gasteiger partial charge is 0.380 e. The Morgan fingerprint density at radius 3 is 2.31 bits per heavy atom. The third-order valence-electron chi connectivity index (χ3n) is 7.05. The molecule has 0 amide bonds. The fourth-order valence-corrected chi connectivity index (χ4v) is 5.91. The van der Waals surface area contributed by atoms with E-state index in [1.807, 2.05) is 0 Å². The molecule has 3 aliphatic carbocycles. The van der Waals surface area contributed by atoms with Crippen LogP contribution in [0.3, 0.4) is 0 Å². The van der Waals surface area contributed by atoms with Gasteiger partial charge in [0.05, 0.1) is 6.54 Å². The van der Waals surface area contributed by atoms with Crippen LogP contribution in [-0.2, 0) is 27.9 Å². The van der Waals surface area contributed by atoms with Crippen LogP contribution in [0, 0.1) is 17.0 Å². The Morgan fingerprint density at radius 2 is 1.77 bits per heavy atom. The highest BCUT2D eigenvalue weighted by Gasteiger charge is 2.82. The minimum Gasteiger partial charge on any atom is -0.377 e. The minimum atomic E-state index is -4.20. The number of nitrogens with two attached hydrogens (primary N) is 1. The first kappa shape index (κ1) is 23.6. The van der Waals surface area contributed by atoms with E-state index in [1.54, 1.807) is 12.1 Å². The first-order valence-electron chi connectivity index (χ1n) is 10.4. The van der Waals surface area contributed by atoms with Gasteiger partial charge in [-0.1, -0.05) is 12.1 Å². The number of aliphatic hydroxyl groups is 1. The molecular formula is C21H19F4N5O4S. The van der Waals surface area contributed by atoms with Gasteiger partial charge in [0.1, 0.15) is 23.7 Å². The van der Waals surface area contributed by atoms with Crippen molar-refractivity contribution < 1.29 is 35.3 Å². The van der Waals surface area contributed by atoms with Gasteiger partial charge in [-0.2, -0.15) is 13.6 Å². The summed E-state index contributed by atoms with van der Waals surface area (Å²) in [6.07, 6.45) is 0.979. The maximum atomic E-state index is 16.1. The summed E-state index contributed by atoms with van der Waals surface area (Å²) in [6.45, 7) is -0.857. The lowest BCUT2D eigenvalue weighted by atomic mass is 9.30. The van der Waals surface area contributed by atoms with Crippen LogP contribution in [0.2, 0.25) is 0 Å². The fraction of sp³-hybridized carbons (Fsp3) is 0.381. The molecule has 1 aromatic heterocycles. The van der Waals surface area contributed by atoms with Crippen molar-refractivity contribution in [2.45, 2.75) is 42.7 Å². The quantitative estimate of drug-likeness (QED) is 0.441. The number of benzene rings is 2. The van der Waals surface area contributed by atoms with Crippen molar-refractivity contribution in [3.63, 3.8) is 0 Å². The van der Waals surface area contributed by atoms with Crippen LogP contribution in [0.1, 0.15) is 30.4 Å². The molecule has 1 heterocycles. The maximum absolute atomic E-state index is 16.1. The van der Waals surface area contributed by atoms with Gasteiger partial charge in [-0.3, -0.25) is 0 Å². The number of rotatable bonds is 8. The molecule has 0 radical (unpaired) electrons. The zero-order chi connectivity index (χ0) is 25.3. The Kier molecular flexibility index (Phi) is 5.03. The molecule has 3 saturated carbocycles. The topological polar surface area (TPSA) is 133 Å². The van der Waals surface area contributed by atoms with E-state index in [0.29, 0.717) is 11.6 Å². The second-order valence-corrected chi connectivity index (χ2v) is 10.4. The van der Waals surface area contributed by atoms with Crippen molar-refractivity contribution in [3.8, 4) is 5.75 Å². The Morgan fingerprint density at radius 1 is 1.11 bits per heavy atom. The van der Waals surface area contributed by atoms with Crippen LogP contribution in [-0.4, -0.2) is 39.7 Å². The predicted molar refractivity (Wildman–Crippen MR) is 111 cm³/mol. The summed E-state index contributed by atoms with van der Waals surface area (Å²) in [6, 6.07) is 7.90. The smallest absolute Gasteiger partial charge is 0.377 e. The van der Waals surface area contributed by atoms with E-state index in [0.717, 1.165) is 23.1 Å². The first-order chi connectivity index (χ1) is 16.3. The highest BCUT2D eigenvalue weighted by molar-refractivity contribution is 7.84. The molecule has 35 heavy (non-hydrogen) atoms. The number of alkyl halides is 2. The van der Waals surface area contributed by atoms with Crippen LogP contribution in [0.5, 0.6) is 5.75 Å². The van der Waals surface area contributed by atoms with Crippen molar-refractivity contribution >= 4 is 10.3 Å². The fourth-order valence-electron chi connectivity index (χ4n) is 5.53. The van der Waals surface area contributed by atoms with E-state index >= 15 is 8.78 Å². The number of nitrogens with zero attached hydrogens (tertiary/aromatic N) is 4. The average Bonchev–Trinajstić information content (AvgIpc) is 3.18. The molecule has 9 nitrogen and oxygen atoms in total. The van der Waals surface area contributed by atoms with E-state index in [-0.39, 0.29) is 25.0 Å². The molecule has 0 spiro atoms. The molecule has 3 N–H and O–H groups in total. The van der Waals surface area contributed by atoms with Crippen LogP contribution in [0.25, 0.3) is 0 Å². The molecule has 1 unspecified atom stereocenters. The van der Waals surface area contributed by atoms with Gasteiger partial charge in [0.2, 0.25) is 0 Å². The lowest BCUT2D eigenvalue weighted by molar-refractivity contribution is -0.347. The van der Waals surface area contributed by atoms with Gasteiger partial charge in [0.15, 0.2) is 5.60 Å². The summed E-state index contributed by atoms with van der Waals surface area (Å²) in [4.78, 5) is 0. The van der Waals surface area contributed by atoms with Gasteiger partial charge >= 0.3 is 10.3 Å². The monoisotopic (exact) mass is 513 g/mol. The molecule has 0 aliphatic heterocycles. The Balaban J connectivity index is 1.44. The molecule has 2 aromatic carbocycles. The summed E-state index contributed by atoms with van der Waals surface area (Å²) < 4.78 is 88.0. The molecule has 0 saturated heterocycles. The summed E-state index contributed by atoms with van der Waals surface area (Å²) in [5, 5.41) is 26.5.